The van der Waals surface area contributed by atoms with Gasteiger partial charge in [0.2, 0.25) is 11.8 Å². The number of pyridine rings is 1. The summed E-state index contributed by atoms with van der Waals surface area (Å²) >= 11 is 0. The van der Waals surface area contributed by atoms with Gasteiger partial charge < -0.3 is 0 Å². The molecule has 1 aromatic carbocycles. The van der Waals surface area contributed by atoms with Crippen molar-refractivity contribution in [1.29, 1.82) is 0 Å². The second kappa shape index (κ2) is 6.45. The van der Waals surface area contributed by atoms with E-state index in [2.05, 4.69) is 0 Å². The van der Waals surface area contributed by atoms with E-state index in [4.69, 9.17) is 0 Å². The Balaban J connectivity index is 0.00000162. The van der Waals surface area contributed by atoms with Crippen LogP contribution >= 0.6 is 17.0 Å². The lowest BCUT2D eigenvalue weighted by molar-refractivity contribution is -0.705. The molecule has 0 bridgehead atoms. The molecular formula is C15H17BrNO+. The fraction of sp³-hybridized carbons (Fsp3) is 0.200. The summed E-state index contributed by atoms with van der Waals surface area (Å²) in [5.74, 6) is 0.140. The van der Waals surface area contributed by atoms with Crippen LogP contribution in [0.3, 0.4) is 0 Å². The minimum Gasteiger partial charge on any atom is -0.287 e. The van der Waals surface area contributed by atoms with Gasteiger partial charge in [0.15, 0.2) is 12.4 Å². The van der Waals surface area contributed by atoms with E-state index in [1.54, 1.807) is 0 Å². The minimum atomic E-state index is -0.169. The van der Waals surface area contributed by atoms with Gasteiger partial charge in [-0.3, -0.25) is 4.79 Å². The van der Waals surface area contributed by atoms with E-state index in [-0.39, 0.29) is 28.8 Å². The molecule has 0 aliphatic carbocycles. The molecule has 0 aliphatic rings. The first-order chi connectivity index (χ1) is 8.18. The molecule has 1 unspecified atom stereocenters. The average molecular weight is 307 g/mol. The maximum Gasteiger partial charge on any atom is 0.230 e. The van der Waals surface area contributed by atoms with Crippen molar-refractivity contribution >= 4 is 22.8 Å². The molecule has 0 saturated carbocycles. The van der Waals surface area contributed by atoms with Crippen LogP contribution in [-0.4, -0.2) is 5.78 Å². The second-order valence-electron chi connectivity index (χ2n) is 4.23. The van der Waals surface area contributed by atoms with E-state index in [0.717, 1.165) is 11.1 Å². The molecule has 2 nitrogen and oxygen atoms in total. The molecule has 0 spiro atoms. The third-order valence-electron chi connectivity index (χ3n) is 2.85. The Bertz CT molecular complexity index is 525. The van der Waals surface area contributed by atoms with E-state index in [9.17, 15) is 4.79 Å². The lowest BCUT2D eigenvalue weighted by atomic mass is 10.1. The predicted octanol–water partition coefficient (Wildman–Crippen LogP) is 3.30. The monoisotopic (exact) mass is 306 g/mol. The van der Waals surface area contributed by atoms with Gasteiger partial charge in [-0.25, -0.2) is 0 Å². The molecule has 2 aromatic rings. The summed E-state index contributed by atoms with van der Waals surface area (Å²) in [4.78, 5) is 12.2. The van der Waals surface area contributed by atoms with Crippen LogP contribution in [0.2, 0.25) is 0 Å². The third-order valence-corrected chi connectivity index (χ3v) is 2.85. The first-order valence-corrected chi connectivity index (χ1v) is 5.75. The quantitative estimate of drug-likeness (QED) is 0.629. The fourth-order valence-corrected chi connectivity index (χ4v) is 1.84. The van der Waals surface area contributed by atoms with E-state index in [0.29, 0.717) is 0 Å². The number of hydrogen-bond donors (Lipinski definition) is 0. The summed E-state index contributed by atoms with van der Waals surface area (Å²) in [6, 6.07) is 13.2. The molecule has 94 valence electrons. The summed E-state index contributed by atoms with van der Waals surface area (Å²) < 4.78 is 1.95. The maximum atomic E-state index is 12.2. The summed E-state index contributed by atoms with van der Waals surface area (Å²) in [6.07, 6.45) is 3.92. The predicted molar refractivity (Wildman–Crippen MR) is 77.2 cm³/mol. The normalized spacial score (nSPS) is 11.4. The molecule has 0 amide bonds. The fourth-order valence-electron chi connectivity index (χ4n) is 1.84. The van der Waals surface area contributed by atoms with Gasteiger partial charge in [-0.1, -0.05) is 30.3 Å². The standard InChI is InChI=1S/C15H16NO.BrH/c1-12-7-6-10-16(11-12)13(2)15(17)14-8-4-3-5-9-14;/h3-11,13H,1-2H3;1H/q+1;. The van der Waals surface area contributed by atoms with Crippen molar-refractivity contribution in [2.75, 3.05) is 0 Å². The molecule has 0 radical (unpaired) electrons. The largest absolute Gasteiger partial charge is 0.287 e. The summed E-state index contributed by atoms with van der Waals surface area (Å²) in [7, 11) is 0. The van der Waals surface area contributed by atoms with Crippen LogP contribution in [0.4, 0.5) is 0 Å². The van der Waals surface area contributed by atoms with Gasteiger partial charge in [-0.05, 0) is 13.0 Å². The number of ketones is 1. The Morgan fingerprint density at radius 2 is 1.78 bits per heavy atom. The number of halogens is 1. The molecule has 1 atom stereocenters. The Morgan fingerprint density at radius 3 is 2.39 bits per heavy atom. The smallest absolute Gasteiger partial charge is 0.230 e. The average Bonchev–Trinajstić information content (AvgIpc) is 2.38. The maximum absolute atomic E-state index is 12.2. The molecule has 1 heterocycles. The number of rotatable bonds is 3. The number of carbonyl (C=O) groups excluding carboxylic acids is 1. The van der Waals surface area contributed by atoms with Gasteiger partial charge in [0.05, 0.1) is 0 Å². The molecular weight excluding hydrogens is 290 g/mol. The van der Waals surface area contributed by atoms with Crippen LogP contribution < -0.4 is 4.57 Å². The topological polar surface area (TPSA) is 20.9 Å². The van der Waals surface area contributed by atoms with Crippen molar-refractivity contribution in [3.63, 3.8) is 0 Å². The number of benzene rings is 1. The van der Waals surface area contributed by atoms with Crippen molar-refractivity contribution in [1.82, 2.24) is 0 Å². The first-order valence-electron chi connectivity index (χ1n) is 5.75. The van der Waals surface area contributed by atoms with Gasteiger partial charge in [0.1, 0.15) is 0 Å². The lowest BCUT2D eigenvalue weighted by Crippen LogP contribution is -2.41. The number of hydrogen-bond acceptors (Lipinski definition) is 1. The zero-order chi connectivity index (χ0) is 12.3. The molecule has 18 heavy (non-hydrogen) atoms. The van der Waals surface area contributed by atoms with Gasteiger partial charge in [0.25, 0.3) is 0 Å². The van der Waals surface area contributed by atoms with E-state index < -0.39 is 0 Å². The molecule has 0 N–H and O–H groups in total. The van der Waals surface area contributed by atoms with Crippen molar-refractivity contribution in [2.45, 2.75) is 19.9 Å². The van der Waals surface area contributed by atoms with Crippen molar-refractivity contribution in [3.8, 4) is 0 Å². The van der Waals surface area contributed by atoms with Gasteiger partial charge in [0, 0.05) is 24.1 Å². The van der Waals surface area contributed by atoms with Crippen LogP contribution in [-0.2, 0) is 0 Å². The highest BCUT2D eigenvalue weighted by atomic mass is 79.9. The van der Waals surface area contributed by atoms with Gasteiger partial charge in [-0.15, -0.1) is 17.0 Å². The first kappa shape index (κ1) is 14.6. The van der Waals surface area contributed by atoms with E-state index in [1.165, 1.54) is 0 Å². The Morgan fingerprint density at radius 1 is 1.11 bits per heavy atom. The molecule has 0 aliphatic heterocycles. The van der Waals surface area contributed by atoms with Gasteiger partial charge >= 0.3 is 0 Å². The molecule has 0 saturated heterocycles. The van der Waals surface area contributed by atoms with Crippen molar-refractivity contribution in [3.05, 3.63) is 66.0 Å². The SMILES string of the molecule is Br.Cc1ccc[n+](C(C)C(=O)c2ccccc2)c1. The summed E-state index contributed by atoms with van der Waals surface area (Å²) in [6.45, 7) is 3.95. The van der Waals surface area contributed by atoms with Crippen LogP contribution in [0.25, 0.3) is 0 Å². The summed E-state index contributed by atoms with van der Waals surface area (Å²) in [5, 5.41) is 0. The van der Waals surface area contributed by atoms with Crippen LogP contribution in [0.1, 0.15) is 28.9 Å². The molecule has 3 heteroatoms. The molecule has 2 rings (SSSR count). The van der Waals surface area contributed by atoms with E-state index >= 15 is 0 Å². The van der Waals surface area contributed by atoms with Crippen LogP contribution in [0.5, 0.6) is 0 Å². The summed E-state index contributed by atoms with van der Waals surface area (Å²) in [5.41, 5.74) is 1.91. The Labute approximate surface area is 118 Å². The number of aryl methyl sites for hydroxylation is 1. The Kier molecular flexibility index (Phi) is 5.23. The number of carbonyl (C=O) groups is 1. The van der Waals surface area contributed by atoms with Crippen LogP contribution in [0, 0.1) is 6.92 Å². The van der Waals surface area contributed by atoms with Crippen LogP contribution in [0.15, 0.2) is 54.9 Å². The molecule has 0 fully saturated rings. The van der Waals surface area contributed by atoms with E-state index in [1.807, 2.05) is 73.3 Å². The number of nitrogens with zero attached hydrogens (tertiary/aromatic N) is 1. The van der Waals surface area contributed by atoms with Gasteiger partial charge in [-0.2, -0.15) is 4.57 Å². The van der Waals surface area contributed by atoms with Crippen molar-refractivity contribution in [2.24, 2.45) is 0 Å². The highest BCUT2D eigenvalue weighted by molar-refractivity contribution is 8.93. The number of aromatic nitrogens is 1. The highest BCUT2D eigenvalue weighted by Gasteiger charge is 2.22. The lowest BCUT2D eigenvalue weighted by Gasteiger charge is -2.06. The zero-order valence-electron chi connectivity index (χ0n) is 10.5. The van der Waals surface area contributed by atoms with Crippen molar-refractivity contribution < 1.29 is 9.36 Å². The third kappa shape index (κ3) is 3.26. The highest BCUT2D eigenvalue weighted by Crippen LogP contribution is 2.08. The molecule has 1 aromatic heterocycles. The second-order valence-corrected chi connectivity index (χ2v) is 4.23. The zero-order valence-corrected chi connectivity index (χ0v) is 12.3. The minimum absolute atomic E-state index is 0. The Hall–Kier alpha value is -1.48. The number of Topliss-reactive ketones (excluding diaryl/α,β-unsaturated/α-hetero) is 1.